The first kappa shape index (κ1) is 17.9. The molecule has 1 aromatic carbocycles. The molecule has 0 saturated heterocycles. The second-order valence-corrected chi connectivity index (χ2v) is 7.27. The van der Waals surface area contributed by atoms with E-state index in [0.29, 0.717) is 25.4 Å². The Balaban J connectivity index is 3.29. The minimum Gasteiger partial charge on any atom is -0.495 e. The maximum Gasteiger partial charge on any atom is 0.246 e. The standard InChI is InChI=1S/C15H26N2O3S/c1-6-17(11-12(2)3)21(18,19)15-9-13(10-16-4)7-8-14(15)20-5/h7-9,12,16H,6,10-11H2,1-5H3. The fourth-order valence-electron chi connectivity index (χ4n) is 2.18. The van der Waals surface area contributed by atoms with Gasteiger partial charge >= 0.3 is 0 Å². The molecule has 0 amide bonds. The number of methoxy groups -OCH3 is 1. The van der Waals surface area contributed by atoms with Crippen molar-refractivity contribution in [1.82, 2.24) is 9.62 Å². The molecule has 0 fully saturated rings. The van der Waals surface area contributed by atoms with Crippen LogP contribution in [0.25, 0.3) is 0 Å². The Kier molecular flexibility index (Phi) is 6.64. The number of hydrogen-bond acceptors (Lipinski definition) is 4. The van der Waals surface area contributed by atoms with Crippen LogP contribution in [0.3, 0.4) is 0 Å². The molecular weight excluding hydrogens is 288 g/mol. The summed E-state index contributed by atoms with van der Waals surface area (Å²) < 4.78 is 32.5. The molecule has 0 aliphatic rings. The third-order valence-corrected chi connectivity index (χ3v) is 5.11. The van der Waals surface area contributed by atoms with Crippen LogP contribution in [0, 0.1) is 5.92 Å². The van der Waals surface area contributed by atoms with Gasteiger partial charge in [0.15, 0.2) is 0 Å². The zero-order chi connectivity index (χ0) is 16.0. The lowest BCUT2D eigenvalue weighted by Crippen LogP contribution is -2.34. The van der Waals surface area contributed by atoms with Gasteiger partial charge in [0.1, 0.15) is 10.6 Å². The quantitative estimate of drug-likeness (QED) is 0.798. The maximum absolute atomic E-state index is 12.9. The van der Waals surface area contributed by atoms with Gasteiger partial charge in [0.05, 0.1) is 7.11 Å². The lowest BCUT2D eigenvalue weighted by atomic mass is 10.2. The van der Waals surface area contributed by atoms with Gasteiger partial charge in [-0.05, 0) is 30.7 Å². The van der Waals surface area contributed by atoms with Gasteiger partial charge < -0.3 is 10.1 Å². The van der Waals surface area contributed by atoms with Gasteiger partial charge in [0, 0.05) is 19.6 Å². The van der Waals surface area contributed by atoms with Crippen molar-refractivity contribution in [3.8, 4) is 5.75 Å². The molecule has 0 saturated carbocycles. The number of ether oxygens (including phenoxy) is 1. The Hall–Kier alpha value is -1.11. The summed E-state index contributed by atoms with van der Waals surface area (Å²) in [5.41, 5.74) is 0.914. The Morgan fingerprint density at radius 1 is 1.33 bits per heavy atom. The number of hydrogen-bond donors (Lipinski definition) is 1. The Morgan fingerprint density at radius 3 is 2.48 bits per heavy atom. The summed E-state index contributed by atoms with van der Waals surface area (Å²) in [4.78, 5) is 0.236. The highest BCUT2D eigenvalue weighted by atomic mass is 32.2. The molecule has 0 aliphatic heterocycles. The first-order chi connectivity index (χ1) is 9.86. The summed E-state index contributed by atoms with van der Waals surface area (Å²) in [7, 11) is -0.229. The average Bonchev–Trinajstić information content (AvgIpc) is 2.44. The predicted octanol–water partition coefficient (Wildman–Crippen LogP) is 2.08. The normalized spacial score (nSPS) is 12.1. The van der Waals surface area contributed by atoms with Crippen LogP contribution < -0.4 is 10.1 Å². The Morgan fingerprint density at radius 2 is 2.00 bits per heavy atom. The molecule has 21 heavy (non-hydrogen) atoms. The zero-order valence-electron chi connectivity index (χ0n) is 13.5. The van der Waals surface area contributed by atoms with E-state index in [4.69, 9.17) is 4.74 Å². The Bertz CT molecular complexity index is 556. The van der Waals surface area contributed by atoms with Gasteiger partial charge in [0.25, 0.3) is 0 Å². The van der Waals surface area contributed by atoms with Crippen molar-refractivity contribution in [2.24, 2.45) is 5.92 Å². The molecule has 6 heteroatoms. The Labute approximate surface area is 128 Å². The van der Waals surface area contributed by atoms with Gasteiger partial charge in [-0.3, -0.25) is 0 Å². The van der Waals surface area contributed by atoms with Crippen molar-refractivity contribution in [1.29, 1.82) is 0 Å². The van der Waals surface area contributed by atoms with Gasteiger partial charge in [-0.1, -0.05) is 26.8 Å². The molecule has 0 atom stereocenters. The van der Waals surface area contributed by atoms with Crippen LogP contribution in [-0.2, 0) is 16.6 Å². The lowest BCUT2D eigenvalue weighted by Gasteiger charge is -2.23. The third-order valence-electron chi connectivity index (χ3n) is 3.15. The van der Waals surface area contributed by atoms with Crippen molar-refractivity contribution >= 4 is 10.0 Å². The molecule has 0 radical (unpaired) electrons. The number of benzene rings is 1. The molecule has 0 aliphatic carbocycles. The summed E-state index contributed by atoms with van der Waals surface area (Å²) in [5, 5.41) is 3.03. The molecule has 0 bridgehead atoms. The van der Waals surface area contributed by atoms with E-state index in [9.17, 15) is 8.42 Å². The minimum atomic E-state index is -3.55. The lowest BCUT2D eigenvalue weighted by molar-refractivity contribution is 0.371. The highest BCUT2D eigenvalue weighted by Crippen LogP contribution is 2.28. The number of rotatable bonds is 8. The molecule has 0 spiro atoms. The van der Waals surface area contributed by atoms with E-state index in [-0.39, 0.29) is 10.8 Å². The summed E-state index contributed by atoms with van der Waals surface area (Å²) in [5.74, 6) is 0.656. The van der Waals surface area contributed by atoms with Crippen LogP contribution in [0.15, 0.2) is 23.1 Å². The van der Waals surface area contributed by atoms with E-state index in [0.717, 1.165) is 5.56 Å². The van der Waals surface area contributed by atoms with E-state index >= 15 is 0 Å². The zero-order valence-corrected chi connectivity index (χ0v) is 14.3. The molecule has 0 heterocycles. The van der Waals surface area contributed by atoms with Crippen LogP contribution in [0.2, 0.25) is 0 Å². The summed E-state index contributed by atoms with van der Waals surface area (Å²) in [6.07, 6.45) is 0. The first-order valence-electron chi connectivity index (χ1n) is 7.18. The van der Waals surface area contributed by atoms with E-state index in [1.807, 2.05) is 33.9 Å². The molecular formula is C15H26N2O3S. The second kappa shape index (κ2) is 7.77. The summed E-state index contributed by atoms with van der Waals surface area (Å²) >= 11 is 0. The third kappa shape index (κ3) is 4.43. The van der Waals surface area contributed by atoms with E-state index in [1.165, 1.54) is 11.4 Å². The van der Waals surface area contributed by atoms with Crippen molar-refractivity contribution < 1.29 is 13.2 Å². The number of sulfonamides is 1. The van der Waals surface area contributed by atoms with Crippen LogP contribution in [0.5, 0.6) is 5.75 Å². The molecule has 1 N–H and O–H groups in total. The van der Waals surface area contributed by atoms with Crippen LogP contribution in [0.1, 0.15) is 26.3 Å². The van der Waals surface area contributed by atoms with Gasteiger partial charge in [-0.15, -0.1) is 0 Å². The van der Waals surface area contributed by atoms with E-state index < -0.39 is 10.0 Å². The SMILES string of the molecule is CCN(CC(C)C)S(=O)(=O)c1cc(CNC)ccc1OC. The molecule has 1 rings (SSSR count). The summed E-state index contributed by atoms with van der Waals surface area (Å²) in [6, 6.07) is 5.27. The van der Waals surface area contributed by atoms with Crippen molar-refractivity contribution in [2.45, 2.75) is 32.2 Å². The molecule has 120 valence electrons. The largest absolute Gasteiger partial charge is 0.495 e. The fraction of sp³-hybridized carbons (Fsp3) is 0.600. The van der Waals surface area contributed by atoms with Crippen LogP contribution in [-0.4, -0.2) is 40.0 Å². The average molecular weight is 314 g/mol. The first-order valence-corrected chi connectivity index (χ1v) is 8.62. The van der Waals surface area contributed by atoms with Crippen molar-refractivity contribution in [3.63, 3.8) is 0 Å². The molecule has 5 nitrogen and oxygen atoms in total. The van der Waals surface area contributed by atoms with Gasteiger partial charge in [-0.2, -0.15) is 4.31 Å². The molecule has 0 unspecified atom stereocenters. The van der Waals surface area contributed by atoms with Crippen LogP contribution >= 0.6 is 0 Å². The van der Waals surface area contributed by atoms with E-state index in [2.05, 4.69) is 5.32 Å². The highest BCUT2D eigenvalue weighted by molar-refractivity contribution is 7.89. The topological polar surface area (TPSA) is 58.6 Å². The predicted molar refractivity (Wildman–Crippen MR) is 85.0 cm³/mol. The monoisotopic (exact) mass is 314 g/mol. The minimum absolute atomic E-state index is 0.236. The fourth-order valence-corrected chi connectivity index (χ4v) is 4.00. The van der Waals surface area contributed by atoms with Crippen molar-refractivity contribution in [2.75, 3.05) is 27.2 Å². The van der Waals surface area contributed by atoms with Crippen LogP contribution in [0.4, 0.5) is 0 Å². The van der Waals surface area contributed by atoms with E-state index in [1.54, 1.807) is 12.1 Å². The highest BCUT2D eigenvalue weighted by Gasteiger charge is 2.27. The second-order valence-electron chi connectivity index (χ2n) is 5.37. The molecule has 1 aromatic rings. The van der Waals surface area contributed by atoms with Gasteiger partial charge in [0.2, 0.25) is 10.0 Å². The smallest absolute Gasteiger partial charge is 0.246 e. The van der Waals surface area contributed by atoms with Crippen molar-refractivity contribution in [3.05, 3.63) is 23.8 Å². The summed E-state index contributed by atoms with van der Waals surface area (Å²) in [6.45, 7) is 7.42. The number of nitrogens with one attached hydrogen (secondary N) is 1. The molecule has 0 aromatic heterocycles. The number of nitrogens with zero attached hydrogens (tertiary/aromatic N) is 1. The van der Waals surface area contributed by atoms with Gasteiger partial charge in [-0.25, -0.2) is 8.42 Å². The maximum atomic E-state index is 12.9.